The third-order valence-electron chi connectivity index (χ3n) is 2.28. The van der Waals surface area contributed by atoms with E-state index in [-0.39, 0.29) is 6.79 Å². The van der Waals surface area contributed by atoms with Gasteiger partial charge < -0.3 is 14.8 Å². The Morgan fingerprint density at radius 2 is 1.94 bits per heavy atom. The first kappa shape index (κ1) is 10.2. The van der Waals surface area contributed by atoms with Gasteiger partial charge in [0, 0.05) is 11.8 Å². The van der Waals surface area contributed by atoms with Crippen molar-refractivity contribution in [3.8, 4) is 11.5 Å². The molecule has 0 saturated carbocycles. The van der Waals surface area contributed by atoms with Crippen molar-refractivity contribution in [3.05, 3.63) is 35.5 Å². The third kappa shape index (κ3) is 2.09. The van der Waals surface area contributed by atoms with Crippen LogP contribution in [0.25, 0.3) is 0 Å². The standard InChI is InChI=1S/C11H8ClN3O2/c12-10-3-4-11(15-14-10)13-7-1-2-8-9(5-7)17-6-16-8/h1-5H,6H2,(H,13,15). The molecule has 1 aliphatic rings. The molecule has 86 valence electrons. The molecule has 0 bridgehead atoms. The van der Waals surface area contributed by atoms with E-state index < -0.39 is 0 Å². The number of rotatable bonds is 2. The van der Waals surface area contributed by atoms with Crippen molar-refractivity contribution >= 4 is 23.1 Å². The van der Waals surface area contributed by atoms with E-state index in [0.717, 1.165) is 17.2 Å². The van der Waals surface area contributed by atoms with Gasteiger partial charge in [-0.25, -0.2) is 0 Å². The number of nitrogens with one attached hydrogen (secondary N) is 1. The zero-order valence-electron chi connectivity index (χ0n) is 8.68. The van der Waals surface area contributed by atoms with Crippen LogP contribution < -0.4 is 14.8 Å². The van der Waals surface area contributed by atoms with Gasteiger partial charge in [-0.1, -0.05) is 11.6 Å². The Labute approximate surface area is 102 Å². The Bertz CT molecular complexity index is 545. The SMILES string of the molecule is Clc1ccc(Nc2ccc3c(c2)OCO3)nn1. The number of hydrogen-bond donors (Lipinski definition) is 1. The quantitative estimate of drug-likeness (QED) is 0.887. The van der Waals surface area contributed by atoms with Gasteiger partial charge in [0.05, 0.1) is 0 Å². The van der Waals surface area contributed by atoms with Crippen LogP contribution in [0, 0.1) is 0 Å². The lowest BCUT2D eigenvalue weighted by Crippen LogP contribution is -1.95. The molecule has 3 rings (SSSR count). The summed E-state index contributed by atoms with van der Waals surface area (Å²) in [4.78, 5) is 0. The molecule has 2 aromatic rings. The fraction of sp³-hybridized carbons (Fsp3) is 0.0909. The van der Waals surface area contributed by atoms with E-state index in [2.05, 4.69) is 15.5 Å². The van der Waals surface area contributed by atoms with Crippen LogP contribution in [-0.4, -0.2) is 17.0 Å². The number of fused-ring (bicyclic) bond motifs is 1. The smallest absolute Gasteiger partial charge is 0.231 e. The lowest BCUT2D eigenvalue weighted by atomic mass is 10.3. The molecule has 1 aromatic carbocycles. The number of ether oxygens (including phenoxy) is 2. The Balaban J connectivity index is 1.83. The van der Waals surface area contributed by atoms with E-state index >= 15 is 0 Å². The Kier molecular flexibility index (Phi) is 2.45. The number of anilines is 2. The largest absolute Gasteiger partial charge is 0.454 e. The van der Waals surface area contributed by atoms with Crippen molar-refractivity contribution < 1.29 is 9.47 Å². The van der Waals surface area contributed by atoms with Crippen LogP contribution in [0.1, 0.15) is 0 Å². The van der Waals surface area contributed by atoms with Gasteiger partial charge in [0.15, 0.2) is 22.5 Å². The number of nitrogens with zero attached hydrogens (tertiary/aromatic N) is 2. The van der Waals surface area contributed by atoms with Gasteiger partial charge in [-0.2, -0.15) is 0 Å². The number of aromatic nitrogens is 2. The average molecular weight is 250 g/mol. The van der Waals surface area contributed by atoms with Crippen LogP contribution in [0.2, 0.25) is 5.15 Å². The van der Waals surface area contributed by atoms with Crippen molar-refractivity contribution in [1.29, 1.82) is 0 Å². The van der Waals surface area contributed by atoms with Crippen LogP contribution in [0.5, 0.6) is 11.5 Å². The molecule has 0 fully saturated rings. The maximum absolute atomic E-state index is 5.65. The van der Waals surface area contributed by atoms with E-state index in [0.29, 0.717) is 11.0 Å². The second-order valence-electron chi connectivity index (χ2n) is 3.43. The molecule has 0 unspecified atom stereocenters. The fourth-order valence-electron chi connectivity index (χ4n) is 1.50. The minimum atomic E-state index is 0.263. The van der Waals surface area contributed by atoms with Gasteiger partial charge >= 0.3 is 0 Å². The molecule has 2 heterocycles. The van der Waals surface area contributed by atoms with Crippen LogP contribution in [0.4, 0.5) is 11.5 Å². The number of hydrogen-bond acceptors (Lipinski definition) is 5. The van der Waals surface area contributed by atoms with Crippen LogP contribution in [0.15, 0.2) is 30.3 Å². The number of halogens is 1. The van der Waals surface area contributed by atoms with Crippen LogP contribution in [0.3, 0.4) is 0 Å². The minimum Gasteiger partial charge on any atom is -0.454 e. The molecular weight excluding hydrogens is 242 g/mol. The highest BCUT2D eigenvalue weighted by Crippen LogP contribution is 2.34. The maximum atomic E-state index is 5.65. The molecule has 17 heavy (non-hydrogen) atoms. The van der Waals surface area contributed by atoms with E-state index in [1.165, 1.54) is 0 Å². The highest BCUT2D eigenvalue weighted by atomic mass is 35.5. The van der Waals surface area contributed by atoms with Crippen molar-refractivity contribution in [3.63, 3.8) is 0 Å². The van der Waals surface area contributed by atoms with E-state index in [1.54, 1.807) is 12.1 Å². The topological polar surface area (TPSA) is 56.3 Å². The monoisotopic (exact) mass is 249 g/mol. The summed E-state index contributed by atoms with van der Waals surface area (Å²) >= 11 is 5.65. The maximum Gasteiger partial charge on any atom is 0.231 e. The van der Waals surface area contributed by atoms with Gasteiger partial charge in [0.25, 0.3) is 0 Å². The molecule has 5 nitrogen and oxygen atoms in total. The molecule has 0 radical (unpaired) electrons. The molecule has 0 atom stereocenters. The second kappa shape index (κ2) is 4.10. The molecular formula is C11H8ClN3O2. The summed E-state index contributed by atoms with van der Waals surface area (Å²) in [6, 6.07) is 8.99. The van der Waals surface area contributed by atoms with E-state index in [9.17, 15) is 0 Å². The molecule has 1 aromatic heterocycles. The van der Waals surface area contributed by atoms with Crippen molar-refractivity contribution in [2.75, 3.05) is 12.1 Å². The first-order chi connectivity index (χ1) is 8.31. The Hall–Kier alpha value is -2.01. The second-order valence-corrected chi connectivity index (χ2v) is 3.82. The number of benzene rings is 1. The summed E-state index contributed by atoms with van der Waals surface area (Å²) < 4.78 is 10.5. The van der Waals surface area contributed by atoms with Gasteiger partial charge in [0.1, 0.15) is 0 Å². The first-order valence-electron chi connectivity index (χ1n) is 4.97. The Morgan fingerprint density at radius 1 is 1.06 bits per heavy atom. The molecule has 1 aliphatic heterocycles. The summed E-state index contributed by atoms with van der Waals surface area (Å²) in [5, 5.41) is 11.1. The molecule has 0 spiro atoms. The van der Waals surface area contributed by atoms with Gasteiger partial charge in [0.2, 0.25) is 6.79 Å². The van der Waals surface area contributed by atoms with Crippen LogP contribution >= 0.6 is 11.6 Å². The summed E-state index contributed by atoms with van der Waals surface area (Å²) in [5.74, 6) is 2.09. The zero-order chi connectivity index (χ0) is 11.7. The van der Waals surface area contributed by atoms with Crippen molar-refractivity contribution in [1.82, 2.24) is 10.2 Å². The van der Waals surface area contributed by atoms with E-state index in [1.807, 2.05) is 18.2 Å². The van der Waals surface area contributed by atoms with E-state index in [4.69, 9.17) is 21.1 Å². The molecule has 6 heteroatoms. The van der Waals surface area contributed by atoms with Crippen molar-refractivity contribution in [2.24, 2.45) is 0 Å². The lowest BCUT2D eigenvalue weighted by Gasteiger charge is -2.05. The first-order valence-corrected chi connectivity index (χ1v) is 5.35. The molecule has 0 saturated heterocycles. The summed E-state index contributed by atoms with van der Waals surface area (Å²) in [7, 11) is 0. The zero-order valence-corrected chi connectivity index (χ0v) is 9.44. The fourth-order valence-corrected chi connectivity index (χ4v) is 1.61. The summed E-state index contributed by atoms with van der Waals surface area (Å²) in [6.45, 7) is 0.263. The summed E-state index contributed by atoms with van der Waals surface area (Å²) in [5.41, 5.74) is 0.853. The molecule has 0 aliphatic carbocycles. The normalized spacial score (nSPS) is 12.5. The van der Waals surface area contributed by atoms with Crippen molar-refractivity contribution in [2.45, 2.75) is 0 Å². The van der Waals surface area contributed by atoms with Gasteiger partial charge in [-0.05, 0) is 24.3 Å². The molecule has 0 amide bonds. The average Bonchev–Trinajstić information content (AvgIpc) is 2.79. The summed E-state index contributed by atoms with van der Waals surface area (Å²) in [6.07, 6.45) is 0. The third-order valence-corrected chi connectivity index (χ3v) is 2.48. The van der Waals surface area contributed by atoms with Crippen LogP contribution in [-0.2, 0) is 0 Å². The highest BCUT2D eigenvalue weighted by Gasteiger charge is 2.13. The minimum absolute atomic E-state index is 0.263. The highest BCUT2D eigenvalue weighted by molar-refractivity contribution is 6.29. The predicted octanol–water partition coefficient (Wildman–Crippen LogP) is 2.60. The Morgan fingerprint density at radius 3 is 2.76 bits per heavy atom. The predicted molar refractivity (Wildman–Crippen MR) is 62.9 cm³/mol. The molecule has 1 N–H and O–H groups in total. The van der Waals surface area contributed by atoms with Gasteiger partial charge in [-0.3, -0.25) is 0 Å². The lowest BCUT2D eigenvalue weighted by molar-refractivity contribution is 0.174. The van der Waals surface area contributed by atoms with Gasteiger partial charge in [-0.15, -0.1) is 10.2 Å².